The number of thioether (sulfide) groups is 1. The number of benzene rings is 2. The van der Waals surface area contributed by atoms with Gasteiger partial charge in [0.1, 0.15) is 0 Å². The smallest absolute Gasteiger partial charge is 0.207 e. The van der Waals surface area contributed by atoms with E-state index in [0.29, 0.717) is 12.5 Å². The van der Waals surface area contributed by atoms with Gasteiger partial charge in [0.25, 0.3) is 0 Å². The molecular formula is C15H13F2NO2S2. The third kappa shape index (κ3) is 3.02. The van der Waals surface area contributed by atoms with Crippen LogP contribution >= 0.6 is 11.8 Å². The molecule has 3 nitrogen and oxygen atoms in total. The van der Waals surface area contributed by atoms with Crippen LogP contribution in [0, 0.1) is 11.6 Å². The van der Waals surface area contributed by atoms with Crippen molar-refractivity contribution in [2.75, 3.05) is 5.75 Å². The Bertz CT molecular complexity index is 809. The Morgan fingerprint density at radius 3 is 2.64 bits per heavy atom. The molecule has 0 saturated carbocycles. The highest BCUT2D eigenvalue weighted by atomic mass is 32.2. The van der Waals surface area contributed by atoms with Crippen molar-refractivity contribution < 1.29 is 17.2 Å². The standard InChI is InChI=1S/C15H13F2NO2S2/c16-12-6-5-10(9-13(12)17)22(19,20)18-14-7-8-21-15-4-2-1-3-11(14)15/h1-6,9,14,18H,7-8H2/t14-/m1/s1. The fraction of sp³-hybridized carbons (Fsp3) is 0.200. The molecule has 1 atom stereocenters. The molecule has 1 N–H and O–H groups in total. The normalized spacial score (nSPS) is 18.0. The van der Waals surface area contributed by atoms with E-state index in [4.69, 9.17) is 0 Å². The molecule has 22 heavy (non-hydrogen) atoms. The van der Waals surface area contributed by atoms with E-state index in [-0.39, 0.29) is 10.9 Å². The van der Waals surface area contributed by atoms with E-state index in [1.807, 2.05) is 24.3 Å². The molecular weight excluding hydrogens is 328 g/mol. The third-order valence-electron chi connectivity index (χ3n) is 3.46. The number of halogens is 2. The first-order valence-electron chi connectivity index (χ1n) is 6.66. The van der Waals surface area contributed by atoms with Gasteiger partial charge in [-0.05, 0) is 42.0 Å². The summed E-state index contributed by atoms with van der Waals surface area (Å²) in [6, 6.07) is 9.77. The third-order valence-corrected chi connectivity index (χ3v) is 6.05. The average Bonchev–Trinajstić information content (AvgIpc) is 2.50. The molecule has 0 saturated heterocycles. The Morgan fingerprint density at radius 1 is 1.09 bits per heavy atom. The summed E-state index contributed by atoms with van der Waals surface area (Å²) >= 11 is 1.67. The zero-order chi connectivity index (χ0) is 15.7. The van der Waals surface area contributed by atoms with Crippen molar-refractivity contribution in [1.82, 2.24) is 4.72 Å². The lowest BCUT2D eigenvalue weighted by atomic mass is 10.1. The highest BCUT2D eigenvalue weighted by Gasteiger charge is 2.26. The summed E-state index contributed by atoms with van der Waals surface area (Å²) in [5.74, 6) is -1.46. The minimum atomic E-state index is -3.91. The van der Waals surface area contributed by atoms with Gasteiger partial charge in [-0.25, -0.2) is 21.9 Å². The summed E-state index contributed by atoms with van der Waals surface area (Å²) in [7, 11) is -3.91. The molecule has 0 fully saturated rings. The van der Waals surface area contributed by atoms with Gasteiger partial charge >= 0.3 is 0 Å². The lowest BCUT2D eigenvalue weighted by molar-refractivity contribution is 0.503. The van der Waals surface area contributed by atoms with E-state index in [2.05, 4.69) is 4.72 Å². The predicted octanol–water partition coefficient (Wildman–Crippen LogP) is 3.48. The number of hydrogen-bond acceptors (Lipinski definition) is 3. The molecule has 3 rings (SSSR count). The first-order valence-corrected chi connectivity index (χ1v) is 9.13. The average molecular weight is 341 g/mol. The first kappa shape index (κ1) is 15.5. The summed E-state index contributed by atoms with van der Waals surface area (Å²) in [4.78, 5) is 0.758. The van der Waals surface area contributed by atoms with Gasteiger partial charge in [0.2, 0.25) is 10.0 Å². The van der Waals surface area contributed by atoms with E-state index in [0.717, 1.165) is 28.3 Å². The van der Waals surface area contributed by atoms with Crippen molar-refractivity contribution in [2.24, 2.45) is 0 Å². The summed E-state index contributed by atoms with van der Waals surface area (Å²) in [5.41, 5.74) is 0.907. The second-order valence-electron chi connectivity index (χ2n) is 4.92. The van der Waals surface area contributed by atoms with Crippen LogP contribution in [0.15, 0.2) is 52.3 Å². The number of fused-ring (bicyclic) bond motifs is 1. The zero-order valence-electron chi connectivity index (χ0n) is 11.4. The molecule has 0 aromatic heterocycles. The maximum Gasteiger partial charge on any atom is 0.241 e. The molecule has 2 aromatic carbocycles. The SMILES string of the molecule is O=S(=O)(N[C@@H]1CCSc2ccccc21)c1ccc(F)c(F)c1. The van der Waals surface area contributed by atoms with E-state index in [1.165, 1.54) is 0 Å². The summed E-state index contributed by atoms with van der Waals surface area (Å²) in [6.07, 6.45) is 0.643. The van der Waals surface area contributed by atoms with Gasteiger partial charge in [0.15, 0.2) is 11.6 Å². The quantitative estimate of drug-likeness (QED) is 0.930. The van der Waals surface area contributed by atoms with Crippen LogP contribution in [0.3, 0.4) is 0 Å². The Labute approximate surface area is 131 Å². The van der Waals surface area contributed by atoms with Crippen molar-refractivity contribution in [3.8, 4) is 0 Å². The second-order valence-corrected chi connectivity index (χ2v) is 7.78. The van der Waals surface area contributed by atoms with Gasteiger partial charge in [-0.3, -0.25) is 0 Å². The van der Waals surface area contributed by atoms with Crippen LogP contribution in [0.25, 0.3) is 0 Å². The molecule has 0 radical (unpaired) electrons. The first-order chi connectivity index (χ1) is 10.5. The van der Waals surface area contributed by atoms with Crippen LogP contribution in [0.5, 0.6) is 0 Å². The molecule has 1 heterocycles. The number of hydrogen-bond donors (Lipinski definition) is 1. The fourth-order valence-corrected chi connectivity index (χ4v) is 4.75. The second kappa shape index (κ2) is 5.98. The van der Waals surface area contributed by atoms with E-state index < -0.39 is 21.7 Å². The number of nitrogens with one attached hydrogen (secondary N) is 1. The molecule has 7 heteroatoms. The largest absolute Gasteiger partial charge is 0.241 e. The van der Waals surface area contributed by atoms with E-state index in [9.17, 15) is 17.2 Å². The van der Waals surface area contributed by atoms with Gasteiger partial charge in [0.05, 0.1) is 4.90 Å². The number of rotatable bonds is 3. The van der Waals surface area contributed by atoms with Gasteiger partial charge in [0, 0.05) is 10.9 Å². The molecule has 2 aromatic rings. The summed E-state index contributed by atoms with van der Waals surface area (Å²) < 4.78 is 53.5. The molecule has 116 valence electrons. The van der Waals surface area contributed by atoms with Crippen LogP contribution in [-0.4, -0.2) is 14.2 Å². The van der Waals surface area contributed by atoms with E-state index in [1.54, 1.807) is 11.8 Å². The Kier molecular flexibility index (Phi) is 4.20. The molecule has 1 aliphatic heterocycles. The minimum Gasteiger partial charge on any atom is -0.207 e. The van der Waals surface area contributed by atoms with Crippen molar-refractivity contribution in [3.05, 3.63) is 59.7 Å². The minimum absolute atomic E-state index is 0.276. The molecule has 0 spiro atoms. The lowest BCUT2D eigenvalue weighted by Gasteiger charge is -2.25. The molecule has 0 amide bonds. The van der Waals surface area contributed by atoms with Crippen molar-refractivity contribution >= 4 is 21.8 Å². The van der Waals surface area contributed by atoms with Crippen LogP contribution in [0.4, 0.5) is 8.78 Å². The van der Waals surface area contributed by atoms with Crippen LogP contribution < -0.4 is 4.72 Å². The Hall–Kier alpha value is -1.44. The Morgan fingerprint density at radius 2 is 1.86 bits per heavy atom. The highest BCUT2D eigenvalue weighted by molar-refractivity contribution is 7.99. The highest BCUT2D eigenvalue weighted by Crippen LogP contribution is 2.36. The van der Waals surface area contributed by atoms with Crippen LogP contribution in [0.2, 0.25) is 0 Å². The van der Waals surface area contributed by atoms with Crippen molar-refractivity contribution in [1.29, 1.82) is 0 Å². The molecule has 0 unspecified atom stereocenters. The zero-order valence-corrected chi connectivity index (χ0v) is 13.1. The lowest BCUT2D eigenvalue weighted by Crippen LogP contribution is -2.30. The maximum absolute atomic E-state index is 13.3. The fourth-order valence-electron chi connectivity index (χ4n) is 2.36. The van der Waals surface area contributed by atoms with Gasteiger partial charge in [-0.15, -0.1) is 11.8 Å². The predicted molar refractivity (Wildman–Crippen MR) is 81.2 cm³/mol. The molecule has 0 bridgehead atoms. The maximum atomic E-state index is 13.3. The van der Waals surface area contributed by atoms with Crippen LogP contribution in [0.1, 0.15) is 18.0 Å². The number of sulfonamides is 1. The van der Waals surface area contributed by atoms with Gasteiger partial charge < -0.3 is 0 Å². The van der Waals surface area contributed by atoms with Gasteiger partial charge in [-0.2, -0.15) is 0 Å². The van der Waals surface area contributed by atoms with E-state index >= 15 is 0 Å². The molecule has 1 aliphatic rings. The van der Waals surface area contributed by atoms with Crippen LogP contribution in [-0.2, 0) is 10.0 Å². The van der Waals surface area contributed by atoms with Crippen molar-refractivity contribution in [3.63, 3.8) is 0 Å². The Balaban J connectivity index is 1.91. The van der Waals surface area contributed by atoms with Gasteiger partial charge in [-0.1, -0.05) is 18.2 Å². The topological polar surface area (TPSA) is 46.2 Å². The monoisotopic (exact) mass is 341 g/mol. The summed E-state index contributed by atoms with van der Waals surface area (Å²) in [6.45, 7) is 0. The summed E-state index contributed by atoms with van der Waals surface area (Å²) in [5, 5.41) is 0. The molecule has 0 aliphatic carbocycles. The van der Waals surface area contributed by atoms with Crippen molar-refractivity contribution in [2.45, 2.75) is 22.3 Å².